The first kappa shape index (κ1) is 28.0. The fraction of sp³-hybridized carbons (Fsp3) is 0.182. The Bertz CT molecular complexity index is 1810. The van der Waals surface area contributed by atoms with Crippen molar-refractivity contribution in [3.63, 3.8) is 0 Å². The van der Waals surface area contributed by atoms with E-state index in [1.54, 1.807) is 55.5 Å². The van der Waals surface area contributed by atoms with E-state index in [2.05, 4.69) is 10.3 Å². The lowest BCUT2D eigenvalue weighted by Gasteiger charge is -2.14. The minimum Gasteiger partial charge on any atom is -0.481 e. The third kappa shape index (κ3) is 5.43. The van der Waals surface area contributed by atoms with Crippen LogP contribution in [0.3, 0.4) is 0 Å². The number of hydrogen-bond donors (Lipinski definition) is 2. The zero-order chi connectivity index (χ0) is 30.4. The number of rotatable bonds is 7. The Morgan fingerprint density at radius 2 is 1.56 bits per heavy atom. The summed E-state index contributed by atoms with van der Waals surface area (Å²) in [5.74, 6) is -0.708. The Morgan fingerprint density at radius 3 is 2.14 bits per heavy atom. The van der Waals surface area contributed by atoms with E-state index in [0.717, 1.165) is 28.3 Å². The van der Waals surface area contributed by atoms with Crippen LogP contribution in [0, 0.1) is 0 Å². The fourth-order valence-corrected chi connectivity index (χ4v) is 5.10. The van der Waals surface area contributed by atoms with Gasteiger partial charge in [-0.25, -0.2) is 9.78 Å². The van der Waals surface area contributed by atoms with Gasteiger partial charge in [-0.15, -0.1) is 0 Å². The van der Waals surface area contributed by atoms with Gasteiger partial charge in [-0.05, 0) is 48.1 Å². The topological polar surface area (TPSA) is 102 Å². The second kappa shape index (κ2) is 10.6. The normalized spacial score (nSPS) is 14.7. The van der Waals surface area contributed by atoms with Gasteiger partial charge < -0.3 is 14.3 Å². The molecule has 0 aliphatic heterocycles. The van der Waals surface area contributed by atoms with Crippen LogP contribution in [0.4, 0.5) is 23.7 Å². The summed E-state index contributed by atoms with van der Waals surface area (Å²) in [5.41, 5.74) is 1.81. The molecular weight excluding hydrogens is 561 g/mol. The number of nitrogens with one attached hydrogen (secondary N) is 1. The van der Waals surface area contributed by atoms with Crippen molar-refractivity contribution >= 4 is 28.8 Å². The van der Waals surface area contributed by atoms with E-state index in [1.165, 1.54) is 0 Å². The van der Waals surface area contributed by atoms with Gasteiger partial charge in [0.2, 0.25) is 5.71 Å². The van der Waals surface area contributed by atoms with Crippen LogP contribution < -0.4 is 5.32 Å². The molecule has 218 valence electrons. The number of alkyl halides is 3. The first-order valence-corrected chi connectivity index (χ1v) is 13.5. The van der Waals surface area contributed by atoms with Crippen LogP contribution in [0.2, 0.25) is 0 Å². The number of carboxylic acids is 1. The number of amides is 1. The van der Waals surface area contributed by atoms with E-state index in [-0.39, 0.29) is 22.5 Å². The lowest BCUT2D eigenvalue weighted by atomic mass is 9.93. The molecular formula is C33H25F3N2O5. The van der Waals surface area contributed by atoms with Crippen molar-refractivity contribution in [2.45, 2.75) is 37.5 Å². The number of furan rings is 1. The number of benzene rings is 3. The third-order valence-corrected chi connectivity index (χ3v) is 7.73. The number of pyridine rings is 1. The van der Waals surface area contributed by atoms with Gasteiger partial charge in [0.05, 0.1) is 16.4 Å². The molecule has 2 heterocycles. The number of nitrogens with zero attached hydrogens (tertiary/aromatic N) is 1. The van der Waals surface area contributed by atoms with Crippen LogP contribution in [-0.2, 0) is 21.1 Å². The first-order chi connectivity index (χ1) is 20.5. The maximum atomic E-state index is 13.5. The van der Waals surface area contributed by atoms with Gasteiger partial charge in [0.1, 0.15) is 11.8 Å². The Morgan fingerprint density at radius 1 is 0.953 bits per heavy atom. The number of hydrogen-bond acceptors (Lipinski definition) is 5. The molecule has 0 unspecified atom stereocenters. The van der Waals surface area contributed by atoms with Crippen molar-refractivity contribution in [3.05, 3.63) is 108 Å². The monoisotopic (exact) mass is 586 g/mol. The zero-order valence-corrected chi connectivity index (χ0v) is 22.8. The SMILES string of the molecule is C[C@@H](OC(=O)Nc1c(-c2ccc(-c3ccc(C4(C(=O)O)CC4)cc3)cc2)oc2ncc(C(F)(F)F)cc12)c1ccccc1. The molecule has 1 aliphatic carbocycles. The van der Waals surface area contributed by atoms with Crippen LogP contribution >= 0.6 is 0 Å². The van der Waals surface area contributed by atoms with Gasteiger partial charge in [-0.3, -0.25) is 10.1 Å². The second-order valence-corrected chi connectivity index (χ2v) is 10.5. The van der Waals surface area contributed by atoms with Gasteiger partial charge in [-0.2, -0.15) is 13.2 Å². The molecule has 1 saturated carbocycles. The predicted octanol–water partition coefficient (Wildman–Crippen LogP) is 8.61. The van der Waals surface area contributed by atoms with Gasteiger partial charge in [0.25, 0.3) is 0 Å². The van der Waals surface area contributed by atoms with Crippen LogP contribution in [0.15, 0.2) is 95.5 Å². The van der Waals surface area contributed by atoms with Crippen LogP contribution in [0.1, 0.15) is 42.6 Å². The number of fused-ring (bicyclic) bond motifs is 1. The van der Waals surface area contributed by atoms with Gasteiger partial charge in [0.15, 0.2) is 5.76 Å². The largest absolute Gasteiger partial charge is 0.481 e. The molecule has 0 radical (unpaired) electrons. The number of aromatic nitrogens is 1. The number of ether oxygens (including phenoxy) is 1. The maximum Gasteiger partial charge on any atom is 0.417 e. The molecule has 0 spiro atoms. The molecule has 1 amide bonds. The Hall–Kier alpha value is -5.12. The summed E-state index contributed by atoms with van der Waals surface area (Å²) in [6.07, 6.45) is -4.24. The van der Waals surface area contributed by atoms with Crippen molar-refractivity contribution in [1.29, 1.82) is 0 Å². The standard InChI is InChI=1S/C33H25F3N2O5/c1-19(20-5-3-2-4-6-20)42-31(41)38-27-26-17-25(33(34,35)36)18-37-29(26)43-28(27)23-9-7-21(8-10-23)22-11-13-24(14-12-22)32(15-16-32)30(39)40/h2-14,17-19H,15-16H2,1H3,(H,38,41)(H,39,40)/t19-/m1/s1. The molecule has 0 saturated heterocycles. The molecule has 43 heavy (non-hydrogen) atoms. The summed E-state index contributed by atoms with van der Waals surface area (Å²) in [5, 5.41) is 12.1. The predicted molar refractivity (Wildman–Crippen MR) is 153 cm³/mol. The highest BCUT2D eigenvalue weighted by Crippen LogP contribution is 2.48. The van der Waals surface area contributed by atoms with Crippen LogP contribution in [-0.4, -0.2) is 22.2 Å². The van der Waals surface area contributed by atoms with Crippen molar-refractivity contribution in [3.8, 4) is 22.5 Å². The number of carbonyl (C=O) groups is 2. The van der Waals surface area contributed by atoms with E-state index in [0.29, 0.717) is 24.6 Å². The maximum absolute atomic E-state index is 13.5. The Balaban J connectivity index is 1.32. The molecule has 6 rings (SSSR count). The highest BCUT2D eigenvalue weighted by atomic mass is 19.4. The molecule has 0 bridgehead atoms. The number of carboxylic acid groups (broad SMARTS) is 1. The summed E-state index contributed by atoms with van der Waals surface area (Å²) in [6.45, 7) is 1.68. The zero-order valence-electron chi connectivity index (χ0n) is 22.8. The number of anilines is 1. The van der Waals surface area contributed by atoms with Crippen molar-refractivity contribution < 1.29 is 37.0 Å². The molecule has 2 N–H and O–H groups in total. The van der Waals surface area contributed by atoms with Crippen molar-refractivity contribution in [2.75, 3.05) is 5.32 Å². The third-order valence-electron chi connectivity index (χ3n) is 7.73. The summed E-state index contributed by atoms with van der Waals surface area (Å²) in [4.78, 5) is 28.4. The lowest BCUT2D eigenvalue weighted by molar-refractivity contribution is -0.140. The smallest absolute Gasteiger partial charge is 0.417 e. The molecule has 10 heteroatoms. The Kier molecular flexibility index (Phi) is 6.92. The number of carbonyl (C=O) groups excluding carboxylic acids is 1. The summed E-state index contributed by atoms with van der Waals surface area (Å²) < 4.78 is 52.0. The van der Waals surface area contributed by atoms with E-state index >= 15 is 0 Å². The molecule has 5 aromatic rings. The summed E-state index contributed by atoms with van der Waals surface area (Å²) >= 11 is 0. The fourth-order valence-electron chi connectivity index (χ4n) is 5.10. The molecule has 3 aromatic carbocycles. The second-order valence-electron chi connectivity index (χ2n) is 10.5. The average molecular weight is 587 g/mol. The molecule has 1 atom stereocenters. The lowest BCUT2D eigenvalue weighted by Crippen LogP contribution is -2.19. The molecule has 2 aromatic heterocycles. The van der Waals surface area contributed by atoms with Gasteiger partial charge in [0, 0.05) is 11.8 Å². The minimum atomic E-state index is -4.65. The van der Waals surface area contributed by atoms with E-state index in [9.17, 15) is 27.9 Å². The average Bonchev–Trinajstić information content (AvgIpc) is 3.75. The summed E-state index contributed by atoms with van der Waals surface area (Å²) in [6, 6.07) is 24.3. The molecule has 1 aliphatic rings. The van der Waals surface area contributed by atoms with Crippen LogP contribution in [0.5, 0.6) is 0 Å². The minimum absolute atomic E-state index is 0.000586. The summed E-state index contributed by atoms with van der Waals surface area (Å²) in [7, 11) is 0. The highest BCUT2D eigenvalue weighted by molar-refractivity contribution is 6.04. The van der Waals surface area contributed by atoms with Gasteiger partial charge in [-0.1, -0.05) is 78.9 Å². The highest BCUT2D eigenvalue weighted by Gasteiger charge is 2.51. The number of aliphatic carboxylic acids is 1. The molecule has 1 fully saturated rings. The van der Waals surface area contributed by atoms with Crippen molar-refractivity contribution in [1.82, 2.24) is 4.98 Å². The van der Waals surface area contributed by atoms with E-state index < -0.39 is 35.3 Å². The van der Waals surface area contributed by atoms with E-state index in [1.807, 2.05) is 30.3 Å². The quantitative estimate of drug-likeness (QED) is 0.198. The first-order valence-electron chi connectivity index (χ1n) is 13.5. The van der Waals surface area contributed by atoms with E-state index in [4.69, 9.17) is 9.15 Å². The van der Waals surface area contributed by atoms with Gasteiger partial charge >= 0.3 is 18.2 Å². The van der Waals surface area contributed by atoms with Crippen LogP contribution in [0.25, 0.3) is 33.6 Å². The van der Waals surface area contributed by atoms with Crippen molar-refractivity contribution in [2.24, 2.45) is 0 Å². The molecule has 7 nitrogen and oxygen atoms in total. The Labute approximate surface area is 243 Å². The number of halogens is 3.